The lowest BCUT2D eigenvalue weighted by Gasteiger charge is -2.24. The molecule has 1 aliphatic heterocycles. The number of nitrogens with zero attached hydrogens (tertiary/aromatic N) is 3. The Morgan fingerprint density at radius 3 is 2.88 bits per heavy atom. The summed E-state index contributed by atoms with van der Waals surface area (Å²) in [5, 5.41) is 4.50. The van der Waals surface area contributed by atoms with Crippen molar-refractivity contribution in [3.8, 4) is 16.9 Å². The van der Waals surface area contributed by atoms with Gasteiger partial charge in [-0.25, -0.2) is 9.97 Å². The van der Waals surface area contributed by atoms with Crippen LogP contribution in [0.4, 0.5) is 0 Å². The van der Waals surface area contributed by atoms with Gasteiger partial charge in [-0.15, -0.1) is 0 Å². The average Bonchev–Trinajstić information content (AvgIpc) is 3.31. The fraction of sp³-hybridized carbons (Fsp3) is 0.300. The Hall–Kier alpha value is -2.86. The van der Waals surface area contributed by atoms with Crippen molar-refractivity contribution < 1.29 is 4.74 Å². The van der Waals surface area contributed by atoms with Crippen molar-refractivity contribution in [1.29, 1.82) is 0 Å². The number of methoxy groups -OCH3 is 1. The summed E-state index contributed by atoms with van der Waals surface area (Å²) in [6, 6.07) is 9.02. The minimum Gasteiger partial charge on any atom is -0.495 e. The third-order valence-corrected chi connectivity index (χ3v) is 5.33. The Bertz CT molecular complexity index is 1070. The lowest BCUT2D eigenvalue weighted by molar-refractivity contribution is 0.375. The topological polar surface area (TPSA) is 67.8 Å². The van der Waals surface area contributed by atoms with E-state index in [0.717, 1.165) is 59.4 Å². The van der Waals surface area contributed by atoms with E-state index in [1.807, 2.05) is 18.6 Å². The molecular weight excluding hydrogens is 326 g/mol. The van der Waals surface area contributed by atoms with Crippen LogP contribution in [-0.2, 0) is 0 Å². The molecule has 0 unspecified atom stereocenters. The molecule has 0 amide bonds. The van der Waals surface area contributed by atoms with Gasteiger partial charge in [0.05, 0.1) is 30.7 Å². The van der Waals surface area contributed by atoms with Crippen molar-refractivity contribution in [3.63, 3.8) is 0 Å². The molecule has 1 aromatic carbocycles. The van der Waals surface area contributed by atoms with E-state index in [-0.39, 0.29) is 0 Å². The molecule has 4 aromatic rings. The van der Waals surface area contributed by atoms with Gasteiger partial charge in [-0.2, -0.15) is 0 Å². The highest BCUT2D eigenvalue weighted by atomic mass is 16.5. The SMILES string of the molecule is COc1cnc2[nH]cc(-c3ccc4ncn(C5CCNCC5)c4c3)c2c1. The molecule has 0 atom stereocenters. The molecule has 4 heterocycles. The van der Waals surface area contributed by atoms with E-state index in [0.29, 0.717) is 6.04 Å². The Balaban J connectivity index is 1.63. The van der Waals surface area contributed by atoms with Crippen LogP contribution in [0.1, 0.15) is 18.9 Å². The van der Waals surface area contributed by atoms with Gasteiger partial charge in [-0.1, -0.05) is 6.07 Å². The molecule has 0 spiro atoms. The van der Waals surface area contributed by atoms with Crippen molar-refractivity contribution >= 4 is 22.1 Å². The number of H-pyrrole nitrogens is 1. The number of rotatable bonds is 3. The van der Waals surface area contributed by atoms with Crippen molar-refractivity contribution in [2.45, 2.75) is 18.9 Å². The van der Waals surface area contributed by atoms with Gasteiger partial charge in [-0.3, -0.25) is 0 Å². The molecule has 0 bridgehead atoms. The van der Waals surface area contributed by atoms with Crippen LogP contribution in [0.3, 0.4) is 0 Å². The Morgan fingerprint density at radius 1 is 1.15 bits per heavy atom. The lowest BCUT2D eigenvalue weighted by Crippen LogP contribution is -2.29. The molecule has 0 aliphatic carbocycles. The fourth-order valence-electron chi connectivity index (χ4n) is 3.90. The van der Waals surface area contributed by atoms with E-state index in [4.69, 9.17) is 4.74 Å². The van der Waals surface area contributed by atoms with Gasteiger partial charge in [-0.05, 0) is 49.7 Å². The summed E-state index contributed by atoms with van der Waals surface area (Å²) >= 11 is 0. The number of nitrogens with one attached hydrogen (secondary N) is 2. The summed E-state index contributed by atoms with van der Waals surface area (Å²) in [6.45, 7) is 2.13. The molecule has 6 nitrogen and oxygen atoms in total. The third-order valence-electron chi connectivity index (χ3n) is 5.33. The lowest BCUT2D eigenvalue weighted by atomic mass is 10.0. The minimum absolute atomic E-state index is 0.515. The number of ether oxygens (including phenoxy) is 1. The molecule has 3 aromatic heterocycles. The molecule has 5 rings (SSSR count). The summed E-state index contributed by atoms with van der Waals surface area (Å²) in [5.41, 5.74) is 5.40. The number of fused-ring (bicyclic) bond motifs is 2. The van der Waals surface area contributed by atoms with Crippen LogP contribution in [-0.4, -0.2) is 39.7 Å². The molecule has 1 fully saturated rings. The summed E-state index contributed by atoms with van der Waals surface area (Å²) in [5.74, 6) is 0.763. The van der Waals surface area contributed by atoms with Crippen LogP contribution in [0.15, 0.2) is 43.0 Å². The van der Waals surface area contributed by atoms with E-state index in [2.05, 4.69) is 43.0 Å². The van der Waals surface area contributed by atoms with Crippen molar-refractivity contribution in [3.05, 3.63) is 43.0 Å². The number of hydrogen-bond donors (Lipinski definition) is 2. The summed E-state index contributed by atoms with van der Waals surface area (Å²) < 4.78 is 7.68. The third kappa shape index (κ3) is 2.45. The summed E-state index contributed by atoms with van der Waals surface area (Å²) in [7, 11) is 1.67. The quantitative estimate of drug-likeness (QED) is 0.595. The van der Waals surface area contributed by atoms with E-state index in [1.165, 1.54) is 5.52 Å². The second-order valence-corrected chi connectivity index (χ2v) is 6.81. The highest BCUT2D eigenvalue weighted by Crippen LogP contribution is 2.33. The van der Waals surface area contributed by atoms with Gasteiger partial charge in [0, 0.05) is 23.2 Å². The first-order valence-corrected chi connectivity index (χ1v) is 9.02. The number of hydrogen-bond acceptors (Lipinski definition) is 4. The zero-order valence-electron chi connectivity index (χ0n) is 14.7. The first-order valence-electron chi connectivity index (χ1n) is 9.02. The summed E-state index contributed by atoms with van der Waals surface area (Å²) in [6.07, 6.45) is 8.03. The molecule has 26 heavy (non-hydrogen) atoms. The molecule has 2 N–H and O–H groups in total. The first kappa shape index (κ1) is 15.4. The number of imidazole rings is 1. The van der Waals surface area contributed by atoms with Crippen LogP contribution in [0, 0.1) is 0 Å². The standard InChI is InChI=1S/C20H21N5O/c1-26-15-9-16-17(11-23-20(16)22-10-15)13-2-3-18-19(8-13)25(12-24-18)14-4-6-21-7-5-14/h2-3,8-12,14,21H,4-7H2,1H3,(H,22,23). The van der Waals surface area contributed by atoms with Crippen LogP contribution in [0.25, 0.3) is 33.2 Å². The molecule has 1 aliphatic rings. The second kappa shape index (κ2) is 6.14. The summed E-state index contributed by atoms with van der Waals surface area (Å²) in [4.78, 5) is 12.3. The van der Waals surface area contributed by atoms with E-state index >= 15 is 0 Å². The maximum Gasteiger partial charge on any atom is 0.138 e. The van der Waals surface area contributed by atoms with Crippen LogP contribution >= 0.6 is 0 Å². The molecule has 1 saturated heterocycles. The van der Waals surface area contributed by atoms with Gasteiger partial charge in [0.1, 0.15) is 11.4 Å². The average molecular weight is 347 g/mol. The highest BCUT2D eigenvalue weighted by Gasteiger charge is 2.18. The Kier molecular flexibility index (Phi) is 3.64. The monoisotopic (exact) mass is 347 g/mol. The van der Waals surface area contributed by atoms with E-state index in [9.17, 15) is 0 Å². The van der Waals surface area contributed by atoms with Gasteiger partial charge in [0.15, 0.2) is 0 Å². The maximum absolute atomic E-state index is 5.34. The number of piperidine rings is 1. The first-order chi connectivity index (χ1) is 12.8. The van der Waals surface area contributed by atoms with Crippen LogP contribution < -0.4 is 10.1 Å². The predicted molar refractivity (Wildman–Crippen MR) is 103 cm³/mol. The molecule has 6 heteroatoms. The Labute approximate surface area is 151 Å². The van der Waals surface area contributed by atoms with Crippen molar-refractivity contribution in [1.82, 2.24) is 24.8 Å². The van der Waals surface area contributed by atoms with Crippen LogP contribution in [0.2, 0.25) is 0 Å². The van der Waals surface area contributed by atoms with Crippen molar-refractivity contribution in [2.24, 2.45) is 0 Å². The molecule has 0 radical (unpaired) electrons. The second-order valence-electron chi connectivity index (χ2n) is 6.81. The number of aromatic nitrogens is 4. The maximum atomic E-state index is 5.34. The van der Waals surface area contributed by atoms with Gasteiger partial charge in [0.2, 0.25) is 0 Å². The van der Waals surface area contributed by atoms with Crippen LogP contribution in [0.5, 0.6) is 5.75 Å². The number of aromatic amines is 1. The van der Waals surface area contributed by atoms with Gasteiger partial charge in [0.25, 0.3) is 0 Å². The molecule has 132 valence electrons. The number of pyridine rings is 1. The highest BCUT2D eigenvalue weighted by molar-refractivity contribution is 5.96. The zero-order chi connectivity index (χ0) is 17.5. The van der Waals surface area contributed by atoms with Crippen molar-refractivity contribution in [2.75, 3.05) is 20.2 Å². The van der Waals surface area contributed by atoms with Gasteiger partial charge < -0.3 is 19.6 Å². The van der Waals surface area contributed by atoms with E-state index in [1.54, 1.807) is 13.3 Å². The smallest absolute Gasteiger partial charge is 0.138 e. The minimum atomic E-state index is 0.515. The normalized spacial score (nSPS) is 15.7. The fourth-order valence-corrected chi connectivity index (χ4v) is 3.90. The molecular formula is C20H21N5O. The molecule has 0 saturated carbocycles. The van der Waals surface area contributed by atoms with E-state index < -0.39 is 0 Å². The zero-order valence-corrected chi connectivity index (χ0v) is 14.7. The Morgan fingerprint density at radius 2 is 2.04 bits per heavy atom. The number of benzene rings is 1. The largest absolute Gasteiger partial charge is 0.495 e. The predicted octanol–water partition coefficient (Wildman–Crippen LogP) is 3.51. The van der Waals surface area contributed by atoms with Gasteiger partial charge >= 0.3 is 0 Å².